The van der Waals surface area contributed by atoms with Gasteiger partial charge < -0.3 is 24.5 Å². The molecule has 282 valence electrons. The first-order valence-corrected chi connectivity index (χ1v) is 20.8. The standard InChI is InChI=1S/C37H58N7O6P/c1-26(22-44-24-41-29-30(38)39-23-40-31(29)44)48-25-51(47,42-34(2,3)32(45)49-27-10-18-36(19-11-27)14-6-7-15-36)43-35(4,5)33(46)50-28-12-20-37(21-13-28)16-8-9-17-37/h23-24,27-28H,1,6-22,25H2,2-5H3,(H2,38,39,40)(H2,42,43,47). The third-order valence-corrected chi connectivity index (χ3v) is 14.4. The fourth-order valence-electron chi connectivity index (χ4n) is 9.01. The number of nitrogen functional groups attached to an aromatic ring is 1. The van der Waals surface area contributed by atoms with Gasteiger partial charge in [0.2, 0.25) is 7.44 Å². The molecule has 2 spiro atoms. The van der Waals surface area contributed by atoms with E-state index in [1.165, 1.54) is 57.7 Å². The van der Waals surface area contributed by atoms with E-state index in [1.807, 2.05) is 0 Å². The van der Waals surface area contributed by atoms with Gasteiger partial charge in [0.15, 0.2) is 17.8 Å². The summed E-state index contributed by atoms with van der Waals surface area (Å²) >= 11 is 0. The van der Waals surface area contributed by atoms with Crippen LogP contribution in [0.1, 0.15) is 130 Å². The van der Waals surface area contributed by atoms with Gasteiger partial charge in [-0.2, -0.15) is 0 Å². The van der Waals surface area contributed by atoms with Crippen molar-refractivity contribution < 1.29 is 28.4 Å². The summed E-state index contributed by atoms with van der Waals surface area (Å²) < 4.78 is 34.7. The molecule has 0 unspecified atom stereocenters. The molecular weight excluding hydrogens is 669 g/mol. The van der Waals surface area contributed by atoms with Crippen molar-refractivity contribution in [3.05, 3.63) is 25.0 Å². The van der Waals surface area contributed by atoms with E-state index in [9.17, 15) is 14.2 Å². The predicted molar refractivity (Wildman–Crippen MR) is 195 cm³/mol. The Morgan fingerprint density at radius 1 is 0.843 bits per heavy atom. The van der Waals surface area contributed by atoms with Crippen LogP contribution in [0.3, 0.4) is 0 Å². The van der Waals surface area contributed by atoms with Gasteiger partial charge in [-0.15, -0.1) is 0 Å². The van der Waals surface area contributed by atoms with Crippen LogP contribution in [0.2, 0.25) is 0 Å². The molecule has 14 heteroatoms. The Labute approximate surface area is 302 Å². The van der Waals surface area contributed by atoms with Crippen LogP contribution in [-0.2, 0) is 34.9 Å². The number of nitrogens with zero attached hydrogens (tertiary/aromatic N) is 4. The van der Waals surface area contributed by atoms with E-state index in [0.717, 1.165) is 51.4 Å². The number of imidazole rings is 1. The average Bonchev–Trinajstić information content (AvgIpc) is 3.84. The van der Waals surface area contributed by atoms with E-state index in [-0.39, 0.29) is 30.3 Å². The second-order valence-corrected chi connectivity index (χ2v) is 19.1. The van der Waals surface area contributed by atoms with Gasteiger partial charge in [0, 0.05) is 0 Å². The fraction of sp³-hybridized carbons (Fsp3) is 0.757. The number of carbonyl (C=O) groups excluding carboxylic acids is 2. The molecule has 0 amide bonds. The van der Waals surface area contributed by atoms with Crippen LogP contribution in [-0.4, -0.2) is 61.1 Å². The molecule has 0 radical (unpaired) electrons. The minimum atomic E-state index is -3.88. The number of esters is 2. The lowest BCUT2D eigenvalue weighted by Crippen LogP contribution is -2.54. The van der Waals surface area contributed by atoms with Crippen LogP contribution in [0.15, 0.2) is 25.0 Å². The largest absolute Gasteiger partial charge is 0.486 e. The number of carbonyl (C=O) groups is 2. The van der Waals surface area contributed by atoms with Crippen molar-refractivity contribution in [2.75, 3.05) is 12.1 Å². The average molecular weight is 728 g/mol. The maximum atomic E-state index is 14.9. The predicted octanol–water partition coefficient (Wildman–Crippen LogP) is 6.92. The Morgan fingerprint density at radius 3 is 1.78 bits per heavy atom. The molecule has 0 saturated heterocycles. The van der Waals surface area contributed by atoms with E-state index in [0.29, 0.717) is 22.0 Å². The Bertz CT molecular complexity index is 1560. The monoisotopic (exact) mass is 727 g/mol. The van der Waals surface area contributed by atoms with Gasteiger partial charge in [0.1, 0.15) is 40.9 Å². The molecule has 4 aliphatic rings. The summed E-state index contributed by atoms with van der Waals surface area (Å²) in [7, 11) is -3.88. The molecule has 4 saturated carbocycles. The van der Waals surface area contributed by atoms with E-state index in [1.54, 1.807) is 38.6 Å². The summed E-state index contributed by atoms with van der Waals surface area (Å²) in [5.74, 6) is -0.478. The molecule has 4 aliphatic carbocycles. The van der Waals surface area contributed by atoms with Gasteiger partial charge >= 0.3 is 11.9 Å². The maximum Gasteiger partial charge on any atom is 0.326 e. The van der Waals surface area contributed by atoms with E-state index < -0.39 is 36.8 Å². The topological polar surface area (TPSA) is 173 Å². The Hall–Kier alpha value is -3.02. The number of aromatic nitrogens is 4. The number of anilines is 1. The molecule has 0 aromatic carbocycles. The molecule has 2 heterocycles. The number of ether oxygens (including phenoxy) is 3. The first-order valence-electron chi connectivity index (χ1n) is 18.9. The molecule has 2 aromatic heterocycles. The Balaban J connectivity index is 1.12. The molecule has 0 bridgehead atoms. The third-order valence-electron chi connectivity index (χ3n) is 12.0. The van der Waals surface area contributed by atoms with Crippen molar-refractivity contribution in [2.45, 2.75) is 160 Å². The molecule has 51 heavy (non-hydrogen) atoms. The second kappa shape index (κ2) is 14.8. The molecule has 4 N–H and O–H groups in total. The molecule has 2 aromatic rings. The smallest absolute Gasteiger partial charge is 0.326 e. The Kier molecular flexibility index (Phi) is 10.9. The zero-order chi connectivity index (χ0) is 36.5. The molecule has 6 rings (SSSR count). The minimum Gasteiger partial charge on any atom is -0.486 e. The van der Waals surface area contributed by atoms with Crippen molar-refractivity contribution in [1.82, 2.24) is 29.7 Å². The highest BCUT2D eigenvalue weighted by Crippen LogP contribution is 2.51. The minimum absolute atomic E-state index is 0.149. The number of allylic oxidation sites excluding steroid dienone is 1. The van der Waals surface area contributed by atoms with Crippen molar-refractivity contribution in [3.63, 3.8) is 0 Å². The van der Waals surface area contributed by atoms with Crippen molar-refractivity contribution in [2.24, 2.45) is 10.8 Å². The zero-order valence-electron chi connectivity index (χ0n) is 31.0. The van der Waals surface area contributed by atoms with Gasteiger partial charge in [0.25, 0.3) is 0 Å². The van der Waals surface area contributed by atoms with E-state index in [2.05, 4.69) is 31.7 Å². The summed E-state index contributed by atoms with van der Waals surface area (Å²) in [4.78, 5) is 39.9. The fourth-order valence-corrected chi connectivity index (χ4v) is 11.5. The number of rotatable bonds is 13. The Morgan fingerprint density at radius 2 is 1.31 bits per heavy atom. The van der Waals surface area contributed by atoms with Crippen LogP contribution in [0.25, 0.3) is 11.2 Å². The zero-order valence-corrected chi connectivity index (χ0v) is 31.9. The van der Waals surface area contributed by atoms with Crippen LogP contribution < -0.4 is 15.9 Å². The van der Waals surface area contributed by atoms with Gasteiger partial charge in [0.05, 0.1) is 12.9 Å². The summed E-state index contributed by atoms with van der Waals surface area (Å²) in [6.45, 7) is 10.8. The normalized spacial score (nSPS) is 23.3. The molecule has 0 aliphatic heterocycles. The van der Waals surface area contributed by atoms with Gasteiger partial charge in [-0.3, -0.25) is 14.2 Å². The first kappa shape index (κ1) is 37.7. The lowest BCUT2D eigenvalue weighted by atomic mass is 9.72. The van der Waals surface area contributed by atoms with Crippen molar-refractivity contribution in [3.8, 4) is 0 Å². The van der Waals surface area contributed by atoms with Crippen LogP contribution in [0.5, 0.6) is 0 Å². The quantitative estimate of drug-likeness (QED) is 0.111. The molecule has 4 fully saturated rings. The highest BCUT2D eigenvalue weighted by molar-refractivity contribution is 7.59. The number of nitrogens with two attached hydrogens (primary N) is 1. The van der Waals surface area contributed by atoms with Crippen molar-refractivity contribution >= 4 is 36.4 Å². The summed E-state index contributed by atoms with van der Waals surface area (Å²) in [5, 5.41) is 6.09. The molecule has 13 nitrogen and oxygen atoms in total. The number of fused-ring (bicyclic) bond motifs is 1. The number of hydrogen-bond donors (Lipinski definition) is 3. The second-order valence-electron chi connectivity index (χ2n) is 17.0. The van der Waals surface area contributed by atoms with Crippen LogP contribution in [0, 0.1) is 10.8 Å². The van der Waals surface area contributed by atoms with E-state index >= 15 is 0 Å². The highest BCUT2D eigenvalue weighted by atomic mass is 31.2. The van der Waals surface area contributed by atoms with E-state index in [4.69, 9.17) is 19.9 Å². The first-order chi connectivity index (χ1) is 24.1. The molecule has 0 atom stereocenters. The van der Waals surface area contributed by atoms with Crippen LogP contribution >= 0.6 is 7.44 Å². The number of hydrogen-bond acceptors (Lipinski definition) is 10. The lowest BCUT2D eigenvalue weighted by Gasteiger charge is -2.39. The summed E-state index contributed by atoms with van der Waals surface area (Å²) in [6, 6.07) is 0. The van der Waals surface area contributed by atoms with Gasteiger partial charge in [-0.1, -0.05) is 32.3 Å². The number of nitrogens with one attached hydrogen (secondary N) is 2. The van der Waals surface area contributed by atoms with Gasteiger partial charge in [-0.25, -0.2) is 25.1 Å². The summed E-state index contributed by atoms with van der Waals surface area (Å²) in [6.07, 6.45) is 19.9. The van der Waals surface area contributed by atoms with Gasteiger partial charge in [-0.05, 0) is 116 Å². The maximum absolute atomic E-state index is 14.9. The summed E-state index contributed by atoms with van der Waals surface area (Å²) in [5.41, 5.74) is 4.98. The van der Waals surface area contributed by atoms with Crippen LogP contribution in [0.4, 0.5) is 5.82 Å². The molecular formula is C37H58N7O6P. The third kappa shape index (κ3) is 8.79. The van der Waals surface area contributed by atoms with Crippen molar-refractivity contribution in [1.29, 1.82) is 0 Å². The SMILES string of the molecule is C=C(Cn1cnc2c(N)ncnc21)OCP(=O)(NC(C)(C)C(=O)OC1CCC2(CCCC2)CC1)NC(C)(C)C(=O)OC1CCC2(CCCC2)CC1. The lowest BCUT2D eigenvalue weighted by molar-refractivity contribution is -0.158. The highest BCUT2D eigenvalue weighted by Gasteiger charge is 2.46.